The molecule has 0 saturated heterocycles. The van der Waals surface area contributed by atoms with E-state index in [1.165, 1.54) is 35.5 Å². The van der Waals surface area contributed by atoms with Crippen molar-refractivity contribution in [2.45, 2.75) is 19.3 Å². The van der Waals surface area contributed by atoms with Crippen molar-refractivity contribution in [3.05, 3.63) is 87.8 Å². The Hall–Kier alpha value is -3.67. The number of hydrogen-bond donors (Lipinski definition) is 1. The van der Waals surface area contributed by atoms with Crippen LogP contribution in [0.5, 0.6) is 0 Å². The Balaban J connectivity index is 1.68. The number of nitrogen functional groups attached to an aromatic ring is 1. The number of hydrogen-bond acceptors (Lipinski definition) is 6. The molecule has 7 nitrogen and oxygen atoms in total. The maximum absolute atomic E-state index is 14.3. The second kappa shape index (κ2) is 9.29. The number of rotatable bonds is 5. The van der Waals surface area contributed by atoms with Gasteiger partial charge in [0.2, 0.25) is 0 Å². The Morgan fingerprint density at radius 1 is 1.06 bits per heavy atom. The zero-order valence-electron chi connectivity index (χ0n) is 17.2. The molecule has 0 aliphatic carbocycles. The molecule has 4 heterocycles. The molecule has 0 atom stereocenters. The predicted octanol–water partition coefficient (Wildman–Crippen LogP) is 4.77. The highest BCUT2D eigenvalue weighted by Gasteiger charge is 2.31. The fourth-order valence-electron chi connectivity index (χ4n) is 3.15. The van der Waals surface area contributed by atoms with Crippen molar-refractivity contribution in [1.29, 1.82) is 0 Å². The first-order chi connectivity index (χ1) is 16.1. The summed E-state index contributed by atoms with van der Waals surface area (Å²) in [7, 11) is 0. The van der Waals surface area contributed by atoms with Crippen LogP contribution in [0.15, 0.2) is 59.5 Å². The molecule has 4 aromatic rings. The first-order valence-corrected chi connectivity index (χ1v) is 10.5. The van der Waals surface area contributed by atoms with Gasteiger partial charge in [-0.1, -0.05) is 0 Å². The fraction of sp³-hybridized carbons (Fsp3) is 0.136. The van der Waals surface area contributed by atoms with Crippen LogP contribution in [0.25, 0.3) is 11.0 Å². The van der Waals surface area contributed by atoms with Crippen LogP contribution >= 0.6 is 15.9 Å². The second-order valence-corrected chi connectivity index (χ2v) is 8.11. The van der Waals surface area contributed by atoms with Gasteiger partial charge in [-0.3, -0.25) is 14.8 Å². The summed E-state index contributed by atoms with van der Waals surface area (Å²) in [6.07, 6.45) is -1.18. The van der Waals surface area contributed by atoms with E-state index in [9.17, 15) is 22.4 Å². The van der Waals surface area contributed by atoms with Gasteiger partial charge in [-0.25, -0.2) is 14.4 Å². The third-order valence-electron chi connectivity index (χ3n) is 4.86. The van der Waals surface area contributed by atoms with Crippen molar-refractivity contribution in [3.8, 4) is 0 Å². The number of pyridine rings is 4. The molecule has 0 aliphatic rings. The topological polar surface area (TPSA) is 97.9 Å². The summed E-state index contributed by atoms with van der Waals surface area (Å²) in [6, 6.07) is 7.85. The summed E-state index contributed by atoms with van der Waals surface area (Å²) in [5.74, 6) is -0.935. The maximum Gasteiger partial charge on any atom is 0.417 e. The smallest absolute Gasteiger partial charge is 0.383 e. The van der Waals surface area contributed by atoms with E-state index in [4.69, 9.17) is 5.73 Å². The molecule has 12 heteroatoms. The van der Waals surface area contributed by atoms with Gasteiger partial charge in [-0.05, 0) is 52.3 Å². The number of alkyl halides is 3. The molecule has 0 saturated carbocycles. The van der Waals surface area contributed by atoms with Crippen molar-refractivity contribution >= 4 is 38.7 Å². The molecule has 0 unspecified atom stereocenters. The van der Waals surface area contributed by atoms with E-state index in [1.807, 2.05) is 0 Å². The van der Waals surface area contributed by atoms with Gasteiger partial charge in [0.15, 0.2) is 5.65 Å². The molecule has 4 aromatic heterocycles. The van der Waals surface area contributed by atoms with Crippen LogP contribution in [0.4, 0.5) is 23.4 Å². The average molecular weight is 535 g/mol. The van der Waals surface area contributed by atoms with Crippen molar-refractivity contribution < 1.29 is 22.4 Å². The van der Waals surface area contributed by atoms with Gasteiger partial charge in [-0.15, -0.1) is 0 Å². The van der Waals surface area contributed by atoms with Crippen LogP contribution in [0, 0.1) is 5.82 Å². The number of nitrogens with two attached hydrogens (primary N) is 1. The van der Waals surface area contributed by atoms with E-state index in [1.54, 1.807) is 12.1 Å². The van der Waals surface area contributed by atoms with E-state index < -0.39 is 23.5 Å². The SMILES string of the molecule is Nc1nc2ncc(C(=O)N(Cc3ccc(C(F)(F)F)cn3)Cc3ncccc3F)cc2cc1Br. The number of nitrogens with zero attached hydrogens (tertiary/aromatic N) is 5. The number of fused-ring (bicyclic) bond motifs is 1. The monoisotopic (exact) mass is 534 g/mol. The van der Waals surface area contributed by atoms with Crippen LogP contribution in [0.3, 0.4) is 0 Å². The Morgan fingerprint density at radius 3 is 2.53 bits per heavy atom. The molecule has 0 fully saturated rings. The zero-order chi connectivity index (χ0) is 24.5. The Bertz CT molecular complexity index is 1360. The summed E-state index contributed by atoms with van der Waals surface area (Å²) < 4.78 is 53.4. The Labute approximate surface area is 198 Å². The lowest BCUT2D eigenvalue weighted by Crippen LogP contribution is -2.31. The summed E-state index contributed by atoms with van der Waals surface area (Å²) >= 11 is 3.27. The highest BCUT2D eigenvalue weighted by atomic mass is 79.9. The molecular formula is C22H15BrF4N6O. The number of carbonyl (C=O) groups excluding carboxylic acids is 1. The van der Waals surface area contributed by atoms with Gasteiger partial charge in [0, 0.05) is 24.0 Å². The van der Waals surface area contributed by atoms with Crippen molar-refractivity contribution in [2.75, 3.05) is 5.73 Å². The van der Waals surface area contributed by atoms with Crippen molar-refractivity contribution in [3.63, 3.8) is 0 Å². The fourth-order valence-corrected chi connectivity index (χ4v) is 3.48. The molecule has 0 radical (unpaired) electrons. The van der Waals surface area contributed by atoms with Crippen LogP contribution in [0.2, 0.25) is 0 Å². The minimum Gasteiger partial charge on any atom is -0.383 e. The molecule has 0 bridgehead atoms. The van der Waals surface area contributed by atoms with E-state index in [0.29, 0.717) is 21.7 Å². The lowest BCUT2D eigenvalue weighted by Gasteiger charge is -2.22. The summed E-state index contributed by atoms with van der Waals surface area (Å²) in [5.41, 5.74) is 5.51. The summed E-state index contributed by atoms with van der Waals surface area (Å²) in [5, 5.41) is 0.531. The number of carbonyl (C=O) groups is 1. The molecule has 34 heavy (non-hydrogen) atoms. The van der Waals surface area contributed by atoms with Crippen LogP contribution < -0.4 is 5.73 Å². The van der Waals surface area contributed by atoms with Gasteiger partial charge in [0.1, 0.15) is 11.6 Å². The average Bonchev–Trinajstić information content (AvgIpc) is 2.80. The predicted molar refractivity (Wildman–Crippen MR) is 119 cm³/mol. The van der Waals surface area contributed by atoms with Gasteiger partial charge < -0.3 is 10.6 Å². The van der Waals surface area contributed by atoms with Gasteiger partial charge in [-0.2, -0.15) is 13.2 Å². The molecule has 1 amide bonds. The number of halogens is 5. The number of amides is 1. The molecule has 0 spiro atoms. The largest absolute Gasteiger partial charge is 0.417 e. The highest BCUT2D eigenvalue weighted by Crippen LogP contribution is 2.29. The summed E-state index contributed by atoms with van der Waals surface area (Å²) in [4.78, 5) is 30.7. The second-order valence-electron chi connectivity index (χ2n) is 7.26. The third kappa shape index (κ3) is 5.11. The van der Waals surface area contributed by atoms with Crippen LogP contribution in [0.1, 0.15) is 27.3 Å². The van der Waals surface area contributed by atoms with E-state index in [2.05, 4.69) is 35.9 Å². The zero-order valence-corrected chi connectivity index (χ0v) is 18.8. The van der Waals surface area contributed by atoms with Crippen molar-refractivity contribution in [2.24, 2.45) is 0 Å². The highest BCUT2D eigenvalue weighted by molar-refractivity contribution is 9.10. The van der Waals surface area contributed by atoms with Gasteiger partial charge in [0.25, 0.3) is 5.91 Å². The first-order valence-electron chi connectivity index (χ1n) is 9.74. The minimum atomic E-state index is -4.54. The lowest BCUT2D eigenvalue weighted by molar-refractivity contribution is -0.137. The Morgan fingerprint density at radius 2 is 1.85 bits per heavy atom. The maximum atomic E-state index is 14.3. The van der Waals surface area contributed by atoms with E-state index >= 15 is 0 Å². The third-order valence-corrected chi connectivity index (χ3v) is 5.50. The van der Waals surface area contributed by atoms with Crippen molar-refractivity contribution in [1.82, 2.24) is 24.8 Å². The molecule has 174 valence electrons. The van der Waals surface area contributed by atoms with Gasteiger partial charge >= 0.3 is 6.18 Å². The molecule has 4 rings (SSSR count). The Kier molecular flexibility index (Phi) is 6.42. The molecule has 0 aliphatic heterocycles. The first kappa shape index (κ1) is 23.5. The van der Waals surface area contributed by atoms with Gasteiger partial charge in [0.05, 0.1) is 40.1 Å². The molecule has 2 N–H and O–H groups in total. The van der Waals surface area contributed by atoms with Crippen LogP contribution in [-0.4, -0.2) is 30.7 Å². The lowest BCUT2D eigenvalue weighted by atomic mass is 10.1. The van der Waals surface area contributed by atoms with E-state index in [0.717, 1.165) is 6.07 Å². The number of anilines is 1. The van der Waals surface area contributed by atoms with E-state index in [-0.39, 0.29) is 35.9 Å². The number of aromatic nitrogens is 4. The molecular weight excluding hydrogens is 520 g/mol. The molecule has 0 aromatic carbocycles. The van der Waals surface area contributed by atoms with Crippen LogP contribution in [-0.2, 0) is 19.3 Å². The summed E-state index contributed by atoms with van der Waals surface area (Å²) in [6.45, 7) is -0.426. The standard InChI is InChI=1S/C22H15BrF4N6O/c23-16-7-12-6-13(8-31-20(12)32-19(16)28)21(34)33(11-18-17(24)2-1-5-29-18)10-15-4-3-14(9-30-15)22(25,26)27/h1-9H,10-11H2,(H2,28,31,32). The normalized spacial score (nSPS) is 11.6. The minimum absolute atomic E-state index is 0.00584. The quantitative estimate of drug-likeness (QED) is 0.370.